The predicted molar refractivity (Wildman–Crippen MR) is 107 cm³/mol. The van der Waals surface area contributed by atoms with Crippen molar-refractivity contribution in [2.75, 3.05) is 13.1 Å². The van der Waals surface area contributed by atoms with E-state index >= 15 is 0 Å². The van der Waals surface area contributed by atoms with Gasteiger partial charge in [0.2, 0.25) is 5.44 Å². The Bertz CT molecular complexity index is 768. The van der Waals surface area contributed by atoms with Crippen LogP contribution in [0.25, 0.3) is 0 Å². The molecular weight excluding hydrogens is 364 g/mol. The summed E-state index contributed by atoms with van der Waals surface area (Å²) in [5, 5.41) is 5.23. The fraction of sp³-hybridized carbons (Fsp3) is 0.300. The van der Waals surface area contributed by atoms with Crippen LogP contribution in [0.3, 0.4) is 0 Å². The van der Waals surface area contributed by atoms with Gasteiger partial charge in [0.15, 0.2) is 0 Å². The molecule has 0 saturated heterocycles. The number of nitrogens with one attached hydrogen (secondary N) is 2. The number of thiol groups is 1. The third-order valence-corrected chi connectivity index (χ3v) is 4.26. The molecule has 0 aliphatic rings. The van der Waals surface area contributed by atoms with Crippen molar-refractivity contribution in [1.29, 1.82) is 0 Å². The topological polar surface area (TPSA) is 76.7 Å². The van der Waals surface area contributed by atoms with Crippen LogP contribution < -0.4 is 15.4 Å². The number of aryl methyl sites for hydroxylation is 1. The molecule has 7 heteroatoms. The monoisotopic (exact) mass is 388 g/mol. The van der Waals surface area contributed by atoms with Crippen molar-refractivity contribution in [1.82, 2.24) is 10.6 Å². The molecule has 2 aromatic rings. The molecule has 2 rings (SSSR count). The van der Waals surface area contributed by atoms with E-state index < -0.39 is 11.5 Å². The Morgan fingerprint density at radius 2 is 1.70 bits per heavy atom. The van der Waals surface area contributed by atoms with Crippen molar-refractivity contribution in [2.45, 2.75) is 25.9 Å². The van der Waals surface area contributed by atoms with Crippen LogP contribution in [-0.4, -0.2) is 30.5 Å². The fourth-order valence-electron chi connectivity index (χ4n) is 2.24. The minimum atomic E-state index is -0.935. The highest BCUT2D eigenvalue weighted by molar-refractivity contribution is 7.81. The number of rotatable bonds is 8. The Morgan fingerprint density at radius 1 is 1.00 bits per heavy atom. The smallest absolute Gasteiger partial charge is 0.407 e. The molecule has 0 saturated carbocycles. The third kappa shape index (κ3) is 6.86. The van der Waals surface area contributed by atoms with E-state index in [1.165, 1.54) is 0 Å². The van der Waals surface area contributed by atoms with Crippen molar-refractivity contribution in [3.05, 3.63) is 65.2 Å². The van der Waals surface area contributed by atoms with Gasteiger partial charge in [-0.1, -0.05) is 42.5 Å². The van der Waals surface area contributed by atoms with Gasteiger partial charge in [0.25, 0.3) is 5.91 Å². The van der Waals surface area contributed by atoms with Gasteiger partial charge >= 0.3 is 6.09 Å². The van der Waals surface area contributed by atoms with Gasteiger partial charge < -0.3 is 20.1 Å². The van der Waals surface area contributed by atoms with E-state index in [1.807, 2.05) is 56.3 Å². The van der Waals surface area contributed by atoms with E-state index in [-0.39, 0.29) is 25.6 Å². The molecular formula is C20H24N2O4S. The van der Waals surface area contributed by atoms with Crippen LogP contribution >= 0.6 is 12.6 Å². The number of hydrogen-bond donors (Lipinski definition) is 3. The summed E-state index contributed by atoms with van der Waals surface area (Å²) in [6.07, 6.45) is -0.540. The molecule has 144 valence electrons. The predicted octanol–water partition coefficient (Wildman–Crippen LogP) is 2.98. The highest BCUT2D eigenvalue weighted by Gasteiger charge is 2.16. The van der Waals surface area contributed by atoms with Gasteiger partial charge in [0, 0.05) is 13.1 Å². The summed E-state index contributed by atoms with van der Waals surface area (Å²) >= 11 is 4.19. The Morgan fingerprint density at radius 3 is 2.44 bits per heavy atom. The maximum atomic E-state index is 12.0. The van der Waals surface area contributed by atoms with Crippen LogP contribution in [0.4, 0.5) is 4.79 Å². The second-order valence-corrected chi connectivity index (χ2v) is 6.42. The zero-order chi connectivity index (χ0) is 19.6. The molecule has 1 atom stereocenters. The van der Waals surface area contributed by atoms with Crippen LogP contribution in [0.5, 0.6) is 5.75 Å². The number of carbonyl (C=O) groups excluding carboxylic acids is 2. The maximum Gasteiger partial charge on any atom is 0.407 e. The Hall–Kier alpha value is -2.67. The van der Waals surface area contributed by atoms with Gasteiger partial charge in [-0.15, -0.1) is 12.6 Å². The van der Waals surface area contributed by atoms with Crippen molar-refractivity contribution in [3.8, 4) is 5.75 Å². The number of alkyl carbamates (subject to hydrolysis) is 1. The van der Waals surface area contributed by atoms with E-state index in [1.54, 1.807) is 6.07 Å². The number of carbonyl (C=O) groups is 2. The molecule has 0 aliphatic heterocycles. The first kappa shape index (κ1) is 20.6. The van der Waals surface area contributed by atoms with Gasteiger partial charge in [-0.25, -0.2) is 4.79 Å². The Kier molecular flexibility index (Phi) is 8.00. The Balaban J connectivity index is 1.65. The quantitative estimate of drug-likeness (QED) is 0.369. The lowest BCUT2D eigenvalue weighted by molar-refractivity contribution is -0.124. The van der Waals surface area contributed by atoms with Crippen LogP contribution in [0.2, 0.25) is 0 Å². The van der Waals surface area contributed by atoms with E-state index in [4.69, 9.17) is 9.47 Å². The van der Waals surface area contributed by atoms with Crippen molar-refractivity contribution in [3.63, 3.8) is 0 Å². The zero-order valence-electron chi connectivity index (χ0n) is 15.4. The molecule has 6 nitrogen and oxygen atoms in total. The molecule has 1 unspecified atom stereocenters. The Labute approximate surface area is 164 Å². The average Bonchev–Trinajstić information content (AvgIpc) is 2.67. The summed E-state index contributed by atoms with van der Waals surface area (Å²) in [6.45, 7) is 4.57. The van der Waals surface area contributed by atoms with E-state index in [9.17, 15) is 9.59 Å². The molecule has 2 N–H and O–H groups in total. The number of ether oxygens (including phenoxy) is 2. The molecule has 27 heavy (non-hydrogen) atoms. The SMILES string of the molecule is Cc1cccc(OC(S)C(=O)NCCNC(=O)OCc2ccccc2)c1C. The standard InChI is InChI=1S/C20H24N2O4S/c1-14-7-6-10-17(15(14)2)26-19(27)18(23)21-11-12-22-20(24)25-13-16-8-4-3-5-9-16/h3-10,19,27H,11-13H2,1-2H3,(H,21,23)(H,22,24). The van der Waals surface area contributed by atoms with Crippen molar-refractivity contribution in [2.24, 2.45) is 0 Å². The lowest BCUT2D eigenvalue weighted by Crippen LogP contribution is -2.40. The molecule has 2 aromatic carbocycles. The van der Waals surface area contributed by atoms with Gasteiger partial charge in [0.05, 0.1) is 0 Å². The number of hydrogen-bond acceptors (Lipinski definition) is 5. The highest BCUT2D eigenvalue weighted by atomic mass is 32.1. The molecule has 0 fully saturated rings. The summed E-state index contributed by atoms with van der Waals surface area (Å²) < 4.78 is 10.7. The minimum Gasteiger partial charge on any atom is -0.470 e. The number of amides is 2. The first-order valence-electron chi connectivity index (χ1n) is 8.60. The van der Waals surface area contributed by atoms with Crippen molar-refractivity contribution >= 4 is 24.6 Å². The largest absolute Gasteiger partial charge is 0.470 e. The fourth-order valence-corrected chi connectivity index (χ4v) is 2.44. The second-order valence-electron chi connectivity index (χ2n) is 5.95. The van der Waals surface area contributed by atoms with Crippen molar-refractivity contribution < 1.29 is 19.1 Å². The summed E-state index contributed by atoms with van der Waals surface area (Å²) in [4.78, 5) is 23.7. The molecule has 0 heterocycles. The molecule has 0 aliphatic carbocycles. The van der Waals surface area contributed by atoms with E-state index in [0.29, 0.717) is 5.75 Å². The van der Waals surface area contributed by atoms with Gasteiger partial charge in [-0.3, -0.25) is 4.79 Å². The van der Waals surface area contributed by atoms with Gasteiger partial charge in [-0.05, 0) is 36.6 Å². The summed E-state index contributed by atoms with van der Waals surface area (Å²) in [5.41, 5.74) is 2.01. The molecule has 0 spiro atoms. The first-order valence-corrected chi connectivity index (χ1v) is 9.12. The molecule has 0 bridgehead atoms. The lowest BCUT2D eigenvalue weighted by atomic mass is 10.1. The summed E-state index contributed by atoms with van der Waals surface area (Å²) in [5.74, 6) is 0.242. The molecule has 2 amide bonds. The third-order valence-electron chi connectivity index (χ3n) is 3.92. The first-order chi connectivity index (χ1) is 13.0. The lowest BCUT2D eigenvalue weighted by Gasteiger charge is -2.16. The van der Waals surface area contributed by atoms with Crippen LogP contribution in [0.15, 0.2) is 48.5 Å². The number of benzene rings is 2. The van der Waals surface area contributed by atoms with E-state index in [0.717, 1.165) is 16.7 Å². The summed E-state index contributed by atoms with van der Waals surface area (Å²) in [6, 6.07) is 15.0. The molecule has 0 radical (unpaired) electrons. The average molecular weight is 388 g/mol. The molecule has 0 aromatic heterocycles. The normalized spacial score (nSPS) is 11.4. The van der Waals surface area contributed by atoms with Gasteiger partial charge in [0.1, 0.15) is 12.4 Å². The maximum absolute atomic E-state index is 12.0. The van der Waals surface area contributed by atoms with Gasteiger partial charge in [-0.2, -0.15) is 0 Å². The van der Waals surface area contributed by atoms with E-state index in [2.05, 4.69) is 23.3 Å². The van der Waals surface area contributed by atoms with Crippen LogP contribution in [-0.2, 0) is 16.1 Å². The highest BCUT2D eigenvalue weighted by Crippen LogP contribution is 2.22. The van der Waals surface area contributed by atoms with Crippen LogP contribution in [0.1, 0.15) is 16.7 Å². The minimum absolute atomic E-state index is 0.196. The summed E-state index contributed by atoms with van der Waals surface area (Å²) in [7, 11) is 0. The van der Waals surface area contributed by atoms with Crippen LogP contribution in [0, 0.1) is 13.8 Å². The second kappa shape index (κ2) is 10.5. The zero-order valence-corrected chi connectivity index (χ0v) is 16.3.